The Hall–Kier alpha value is -0.960. The van der Waals surface area contributed by atoms with Crippen LogP contribution in [0.4, 0.5) is 0 Å². The number of methoxy groups -OCH3 is 1. The highest BCUT2D eigenvalue weighted by Crippen LogP contribution is 2.21. The van der Waals surface area contributed by atoms with Crippen LogP contribution in [0, 0.1) is 0 Å². The van der Waals surface area contributed by atoms with Crippen molar-refractivity contribution in [3.8, 4) is 0 Å². The Morgan fingerprint density at radius 1 is 1.45 bits per heavy atom. The third kappa shape index (κ3) is 3.38. The topological polar surface area (TPSA) is 90.5 Å². The molecule has 8 heteroatoms. The van der Waals surface area contributed by atoms with Crippen LogP contribution in [0.2, 0.25) is 0 Å². The molecule has 1 saturated heterocycles. The number of aromatic nitrogens is 2. The molecule has 0 radical (unpaired) electrons. The molecule has 1 aromatic heterocycles. The smallest absolute Gasteiger partial charge is 0.246 e. The van der Waals surface area contributed by atoms with Crippen molar-refractivity contribution in [2.45, 2.75) is 36.8 Å². The van der Waals surface area contributed by atoms with Crippen molar-refractivity contribution >= 4 is 10.0 Å². The van der Waals surface area contributed by atoms with Crippen LogP contribution in [-0.4, -0.2) is 55.4 Å². The number of nitrogens with zero attached hydrogens (tertiary/aromatic N) is 3. The normalized spacial score (nSPS) is 18.5. The molecule has 0 atom stereocenters. The van der Waals surface area contributed by atoms with Crippen LogP contribution in [0.5, 0.6) is 0 Å². The van der Waals surface area contributed by atoms with E-state index in [1.165, 1.54) is 10.5 Å². The van der Waals surface area contributed by atoms with Crippen LogP contribution < -0.4 is 5.73 Å². The lowest BCUT2D eigenvalue weighted by atomic mass is 10.1. The number of ether oxygens (including phenoxy) is 1. The first-order valence-corrected chi connectivity index (χ1v) is 8.27. The second-order valence-electron chi connectivity index (χ2n) is 4.92. The maximum Gasteiger partial charge on any atom is 0.246 e. The van der Waals surface area contributed by atoms with Gasteiger partial charge in [0.25, 0.3) is 0 Å². The maximum atomic E-state index is 12.5. The Kier molecular flexibility index (Phi) is 5.14. The second kappa shape index (κ2) is 6.66. The lowest BCUT2D eigenvalue weighted by Crippen LogP contribution is -2.40. The van der Waals surface area contributed by atoms with Crippen molar-refractivity contribution in [1.82, 2.24) is 14.1 Å². The number of aryl methyl sites for hydroxylation is 1. The van der Waals surface area contributed by atoms with Gasteiger partial charge in [0.15, 0.2) is 0 Å². The molecule has 0 saturated carbocycles. The average Bonchev–Trinajstić information content (AvgIpc) is 2.94. The van der Waals surface area contributed by atoms with Crippen LogP contribution in [0.15, 0.2) is 17.3 Å². The van der Waals surface area contributed by atoms with Crippen molar-refractivity contribution in [1.29, 1.82) is 0 Å². The Labute approximate surface area is 119 Å². The first-order chi connectivity index (χ1) is 9.57. The van der Waals surface area contributed by atoms with Crippen molar-refractivity contribution in [2.24, 2.45) is 5.73 Å². The standard InChI is InChI=1S/C12H22N4O3S/c1-19-11-3-7-16(8-4-11)20(17,18)12-9-14-15(10-12)6-2-5-13/h9-11H,2-8,13H2,1H3. The van der Waals surface area contributed by atoms with Gasteiger partial charge in [0.05, 0.1) is 12.3 Å². The molecule has 0 aromatic carbocycles. The zero-order valence-electron chi connectivity index (χ0n) is 11.7. The monoisotopic (exact) mass is 302 g/mol. The summed E-state index contributed by atoms with van der Waals surface area (Å²) in [6, 6.07) is 0. The zero-order valence-corrected chi connectivity index (χ0v) is 12.6. The number of piperidine rings is 1. The fraction of sp³-hybridized carbons (Fsp3) is 0.750. The van der Waals surface area contributed by atoms with Gasteiger partial charge < -0.3 is 10.5 Å². The summed E-state index contributed by atoms with van der Waals surface area (Å²) >= 11 is 0. The van der Waals surface area contributed by atoms with Gasteiger partial charge in [0.1, 0.15) is 4.90 Å². The second-order valence-corrected chi connectivity index (χ2v) is 6.86. The van der Waals surface area contributed by atoms with Crippen molar-refractivity contribution < 1.29 is 13.2 Å². The average molecular weight is 302 g/mol. The SMILES string of the molecule is COC1CCN(S(=O)(=O)c2cnn(CCCN)c2)CC1. The number of sulfonamides is 1. The molecule has 20 heavy (non-hydrogen) atoms. The van der Waals surface area contributed by atoms with Gasteiger partial charge in [0.2, 0.25) is 10.0 Å². The predicted octanol–water partition coefficient (Wildman–Crippen LogP) is 0.0314. The molecule has 2 N–H and O–H groups in total. The summed E-state index contributed by atoms with van der Waals surface area (Å²) in [6.45, 7) is 2.19. The van der Waals surface area contributed by atoms with Crippen molar-refractivity contribution in [3.63, 3.8) is 0 Å². The molecule has 2 rings (SSSR count). The number of hydrogen-bond donors (Lipinski definition) is 1. The van der Waals surface area contributed by atoms with Crippen LogP contribution in [0.25, 0.3) is 0 Å². The summed E-state index contributed by atoms with van der Waals surface area (Å²) in [6.07, 6.45) is 5.39. The molecular weight excluding hydrogens is 280 g/mol. The summed E-state index contributed by atoms with van der Waals surface area (Å²) in [5.41, 5.74) is 5.43. The van der Waals surface area contributed by atoms with Crippen molar-refractivity contribution in [3.05, 3.63) is 12.4 Å². The first kappa shape index (κ1) is 15.4. The largest absolute Gasteiger partial charge is 0.381 e. The van der Waals surface area contributed by atoms with E-state index in [0.717, 1.165) is 19.3 Å². The molecular formula is C12H22N4O3S. The minimum absolute atomic E-state index is 0.161. The molecule has 0 unspecified atom stereocenters. The summed E-state index contributed by atoms with van der Waals surface area (Å²) < 4.78 is 33.3. The van der Waals surface area contributed by atoms with Gasteiger partial charge in [-0.1, -0.05) is 0 Å². The fourth-order valence-electron chi connectivity index (χ4n) is 2.31. The fourth-order valence-corrected chi connectivity index (χ4v) is 3.74. The van der Waals surface area contributed by atoms with Gasteiger partial charge in [-0.05, 0) is 25.8 Å². The van der Waals surface area contributed by atoms with Gasteiger partial charge in [-0.15, -0.1) is 0 Å². The summed E-state index contributed by atoms with van der Waals surface area (Å²) in [5, 5.41) is 4.08. The quantitative estimate of drug-likeness (QED) is 0.800. The van der Waals surface area contributed by atoms with E-state index in [2.05, 4.69) is 5.10 Å². The van der Waals surface area contributed by atoms with E-state index in [9.17, 15) is 8.42 Å². The maximum absolute atomic E-state index is 12.5. The molecule has 2 heterocycles. The molecule has 1 fully saturated rings. The predicted molar refractivity (Wildman–Crippen MR) is 74.7 cm³/mol. The zero-order chi connectivity index (χ0) is 14.6. The van der Waals surface area contributed by atoms with Gasteiger partial charge in [-0.2, -0.15) is 9.40 Å². The third-order valence-corrected chi connectivity index (χ3v) is 5.42. The number of nitrogens with two attached hydrogens (primary N) is 1. The Morgan fingerprint density at radius 3 is 2.75 bits per heavy atom. The van der Waals surface area contributed by atoms with E-state index >= 15 is 0 Å². The molecule has 114 valence electrons. The van der Waals surface area contributed by atoms with Crippen molar-refractivity contribution in [2.75, 3.05) is 26.7 Å². The molecule has 0 spiro atoms. The van der Waals surface area contributed by atoms with Gasteiger partial charge in [0, 0.05) is 32.9 Å². The van der Waals surface area contributed by atoms with Gasteiger partial charge in [-0.25, -0.2) is 8.42 Å². The Bertz CT molecular complexity index is 521. The molecule has 1 aliphatic heterocycles. The van der Waals surface area contributed by atoms with Crippen LogP contribution in [0.1, 0.15) is 19.3 Å². The van der Waals surface area contributed by atoms with E-state index in [1.54, 1.807) is 18.0 Å². The van der Waals surface area contributed by atoms with E-state index in [0.29, 0.717) is 26.2 Å². The van der Waals surface area contributed by atoms with Gasteiger partial charge >= 0.3 is 0 Å². The van der Waals surface area contributed by atoms with E-state index in [4.69, 9.17) is 10.5 Å². The van der Waals surface area contributed by atoms with Crippen LogP contribution >= 0.6 is 0 Å². The number of rotatable bonds is 6. The third-order valence-electron chi connectivity index (χ3n) is 3.57. The van der Waals surface area contributed by atoms with E-state index < -0.39 is 10.0 Å². The minimum Gasteiger partial charge on any atom is -0.381 e. The molecule has 1 aliphatic rings. The first-order valence-electron chi connectivity index (χ1n) is 6.83. The van der Waals surface area contributed by atoms with E-state index in [-0.39, 0.29) is 11.0 Å². The molecule has 7 nitrogen and oxygen atoms in total. The Balaban J connectivity index is 2.04. The summed E-state index contributed by atoms with van der Waals surface area (Å²) in [4.78, 5) is 0.255. The summed E-state index contributed by atoms with van der Waals surface area (Å²) in [5.74, 6) is 0. The lowest BCUT2D eigenvalue weighted by Gasteiger charge is -2.29. The van der Waals surface area contributed by atoms with Gasteiger partial charge in [-0.3, -0.25) is 4.68 Å². The minimum atomic E-state index is -3.43. The van der Waals surface area contributed by atoms with E-state index in [1.807, 2.05) is 0 Å². The highest BCUT2D eigenvalue weighted by molar-refractivity contribution is 7.89. The van der Waals surface area contributed by atoms with Crippen LogP contribution in [-0.2, 0) is 21.3 Å². The Morgan fingerprint density at radius 2 is 2.15 bits per heavy atom. The molecule has 0 amide bonds. The molecule has 1 aromatic rings. The highest BCUT2D eigenvalue weighted by Gasteiger charge is 2.30. The summed E-state index contributed by atoms with van der Waals surface area (Å²) in [7, 11) is -1.77. The number of hydrogen-bond acceptors (Lipinski definition) is 5. The van der Waals surface area contributed by atoms with Crippen LogP contribution in [0.3, 0.4) is 0 Å². The molecule has 0 bridgehead atoms. The highest BCUT2D eigenvalue weighted by atomic mass is 32.2. The molecule has 0 aliphatic carbocycles. The lowest BCUT2D eigenvalue weighted by molar-refractivity contribution is 0.0604.